The Labute approximate surface area is 206 Å². The fourth-order valence-electron chi connectivity index (χ4n) is 3.93. The minimum Gasteiger partial charge on any atom is -0.444 e. The molecule has 4 aromatic rings. The number of nitrogens with zero attached hydrogens (tertiary/aromatic N) is 6. The maximum Gasteiger partial charge on any atom is 0.410 e. The molecule has 0 saturated carbocycles. The number of likely N-dealkylation sites (tertiary alicyclic amines) is 1. The topological polar surface area (TPSA) is 90.1 Å². The summed E-state index contributed by atoms with van der Waals surface area (Å²) in [6.45, 7) is 5.24. The van der Waals surface area contributed by atoms with Crippen LogP contribution in [0.15, 0.2) is 60.0 Å². The molecule has 3 aromatic heterocycles. The second-order valence-electron chi connectivity index (χ2n) is 9.54. The van der Waals surface area contributed by atoms with Crippen molar-refractivity contribution in [1.82, 2.24) is 29.4 Å². The summed E-state index contributed by atoms with van der Waals surface area (Å²) in [6.07, 6.45) is 6.41. The van der Waals surface area contributed by atoms with Crippen molar-refractivity contribution < 1.29 is 13.9 Å². The SMILES string of the molecule is Cn1ncc2cccc(NSc3cnn(-c4cc(C5(F)CN(C(=O)OC(C)(C)C)C5)ccn4)c3)c21. The number of aromatic nitrogens is 5. The van der Waals surface area contributed by atoms with E-state index in [0.717, 1.165) is 21.5 Å². The van der Waals surface area contributed by atoms with Crippen LogP contribution in [0.5, 0.6) is 0 Å². The van der Waals surface area contributed by atoms with Crippen molar-refractivity contribution >= 4 is 34.6 Å². The quantitative estimate of drug-likeness (QED) is 0.402. The number of fused-ring (bicyclic) bond motifs is 1. The summed E-state index contributed by atoms with van der Waals surface area (Å²) in [5, 5.41) is 9.75. The Kier molecular flexibility index (Phi) is 5.66. The smallest absolute Gasteiger partial charge is 0.410 e. The van der Waals surface area contributed by atoms with E-state index in [1.165, 1.54) is 16.8 Å². The van der Waals surface area contributed by atoms with E-state index < -0.39 is 17.4 Å². The summed E-state index contributed by atoms with van der Waals surface area (Å²) in [5.41, 5.74) is 0.135. The fourth-order valence-corrected chi connectivity index (χ4v) is 4.58. The number of anilines is 1. The highest BCUT2D eigenvalue weighted by Crippen LogP contribution is 2.37. The first kappa shape index (κ1) is 23.2. The molecule has 11 heteroatoms. The number of alkyl halides is 1. The molecule has 9 nitrogen and oxygen atoms in total. The van der Waals surface area contributed by atoms with Gasteiger partial charge in [-0.2, -0.15) is 10.2 Å². The molecule has 0 atom stereocenters. The van der Waals surface area contributed by atoms with Gasteiger partial charge in [-0.15, -0.1) is 0 Å². The molecule has 1 fully saturated rings. The summed E-state index contributed by atoms with van der Waals surface area (Å²) < 4.78 is 27.6. The van der Waals surface area contributed by atoms with E-state index in [9.17, 15) is 4.79 Å². The Morgan fingerprint density at radius 3 is 2.77 bits per heavy atom. The predicted molar refractivity (Wildman–Crippen MR) is 132 cm³/mol. The number of carbonyl (C=O) groups is 1. The lowest BCUT2D eigenvalue weighted by Gasteiger charge is -2.44. The molecule has 35 heavy (non-hydrogen) atoms. The third-order valence-corrected chi connectivity index (χ3v) is 6.40. The molecular weight excluding hydrogens is 469 g/mol. The van der Waals surface area contributed by atoms with Crippen LogP contribution in [0.25, 0.3) is 16.7 Å². The van der Waals surface area contributed by atoms with Crippen molar-refractivity contribution in [2.45, 2.75) is 36.9 Å². The van der Waals surface area contributed by atoms with Gasteiger partial charge in [-0.25, -0.2) is 18.9 Å². The lowest BCUT2D eigenvalue weighted by atomic mass is 9.89. The highest BCUT2D eigenvalue weighted by Gasteiger charge is 2.48. The van der Waals surface area contributed by atoms with Crippen LogP contribution in [0.4, 0.5) is 14.9 Å². The summed E-state index contributed by atoms with van der Waals surface area (Å²) in [5.74, 6) is 0.496. The van der Waals surface area contributed by atoms with Gasteiger partial charge in [0.1, 0.15) is 5.60 Å². The summed E-state index contributed by atoms with van der Waals surface area (Å²) in [7, 11) is 1.90. The number of carbonyl (C=O) groups excluding carboxylic acids is 1. The van der Waals surface area contributed by atoms with Crippen molar-refractivity contribution in [2.75, 3.05) is 17.8 Å². The van der Waals surface area contributed by atoms with Gasteiger partial charge in [0, 0.05) is 24.8 Å². The summed E-state index contributed by atoms with van der Waals surface area (Å²) in [6, 6.07) is 9.28. The van der Waals surface area contributed by atoms with Crippen LogP contribution >= 0.6 is 11.9 Å². The molecule has 0 spiro atoms. The van der Waals surface area contributed by atoms with E-state index in [2.05, 4.69) is 19.9 Å². The minimum absolute atomic E-state index is 0.0605. The third kappa shape index (κ3) is 4.68. The van der Waals surface area contributed by atoms with Gasteiger partial charge in [0.2, 0.25) is 0 Å². The van der Waals surface area contributed by atoms with Gasteiger partial charge in [0.05, 0.1) is 41.6 Å². The normalized spacial score (nSPS) is 15.2. The Bertz CT molecular complexity index is 1390. The number of para-hydroxylation sites is 1. The van der Waals surface area contributed by atoms with Crippen LogP contribution in [-0.4, -0.2) is 54.2 Å². The van der Waals surface area contributed by atoms with Crippen LogP contribution < -0.4 is 4.72 Å². The number of aryl methyl sites for hydroxylation is 1. The molecule has 1 aliphatic heterocycles. The number of amides is 1. The van der Waals surface area contributed by atoms with Crippen molar-refractivity contribution in [3.63, 3.8) is 0 Å². The Hall–Kier alpha value is -3.60. The zero-order chi connectivity index (χ0) is 24.8. The highest BCUT2D eigenvalue weighted by atomic mass is 32.2. The summed E-state index contributed by atoms with van der Waals surface area (Å²) >= 11 is 1.41. The molecule has 4 heterocycles. The van der Waals surface area contributed by atoms with Gasteiger partial charge in [0.15, 0.2) is 11.5 Å². The van der Waals surface area contributed by atoms with E-state index in [1.807, 2.05) is 42.3 Å². The van der Waals surface area contributed by atoms with Gasteiger partial charge in [-0.05, 0) is 56.5 Å². The lowest BCUT2D eigenvalue weighted by molar-refractivity contribution is -0.0538. The van der Waals surface area contributed by atoms with E-state index >= 15 is 4.39 Å². The standard InChI is InChI=1S/C24H26FN7O2S/c1-23(2,3)34-22(33)31-14-24(25,15-31)17-8-9-26-20(10-17)32-13-18(12-28-32)35-29-19-7-5-6-16-11-27-30(4)21(16)19/h5-13,29H,14-15H2,1-4H3. The van der Waals surface area contributed by atoms with E-state index in [0.29, 0.717) is 11.4 Å². The minimum atomic E-state index is -1.65. The molecular formula is C24H26FN7O2S. The monoisotopic (exact) mass is 495 g/mol. The molecule has 0 aliphatic carbocycles. The molecule has 1 aliphatic rings. The van der Waals surface area contributed by atoms with E-state index in [1.54, 1.807) is 50.0 Å². The first-order chi connectivity index (χ1) is 16.6. The van der Waals surface area contributed by atoms with Gasteiger partial charge < -0.3 is 14.4 Å². The number of pyridine rings is 1. The van der Waals surface area contributed by atoms with Gasteiger partial charge >= 0.3 is 6.09 Å². The van der Waals surface area contributed by atoms with Crippen LogP contribution in [0.1, 0.15) is 26.3 Å². The van der Waals surface area contributed by atoms with Gasteiger partial charge in [-0.3, -0.25) is 4.68 Å². The number of hydrogen-bond donors (Lipinski definition) is 1. The largest absolute Gasteiger partial charge is 0.444 e. The Balaban J connectivity index is 1.26. The molecule has 0 bridgehead atoms. The van der Waals surface area contributed by atoms with Crippen molar-refractivity contribution in [2.24, 2.45) is 7.05 Å². The second kappa shape index (κ2) is 8.56. The van der Waals surface area contributed by atoms with E-state index in [-0.39, 0.29) is 13.1 Å². The lowest BCUT2D eigenvalue weighted by Crippen LogP contribution is -2.59. The molecule has 1 N–H and O–H groups in total. The summed E-state index contributed by atoms with van der Waals surface area (Å²) in [4.78, 5) is 18.8. The molecule has 5 rings (SSSR count). The predicted octanol–water partition coefficient (Wildman–Crippen LogP) is 4.69. The maximum absolute atomic E-state index is 15.5. The van der Waals surface area contributed by atoms with Crippen LogP contribution in [0.3, 0.4) is 0 Å². The fraction of sp³-hybridized carbons (Fsp3) is 0.333. The average Bonchev–Trinajstić information content (AvgIpc) is 3.42. The maximum atomic E-state index is 15.5. The number of nitrogens with one attached hydrogen (secondary N) is 1. The van der Waals surface area contributed by atoms with Crippen molar-refractivity contribution in [3.8, 4) is 5.82 Å². The van der Waals surface area contributed by atoms with Crippen molar-refractivity contribution in [3.05, 3.63) is 60.7 Å². The zero-order valence-electron chi connectivity index (χ0n) is 19.9. The molecule has 0 unspecified atom stereocenters. The Morgan fingerprint density at radius 2 is 2.00 bits per heavy atom. The molecule has 182 valence electrons. The number of hydrogen-bond acceptors (Lipinski definition) is 7. The highest BCUT2D eigenvalue weighted by molar-refractivity contribution is 8.00. The molecule has 1 amide bonds. The third-order valence-electron chi connectivity index (χ3n) is 5.63. The first-order valence-electron chi connectivity index (χ1n) is 11.1. The second-order valence-corrected chi connectivity index (χ2v) is 10.4. The van der Waals surface area contributed by atoms with Gasteiger partial charge in [0.25, 0.3) is 0 Å². The van der Waals surface area contributed by atoms with Crippen LogP contribution in [0, 0.1) is 0 Å². The molecule has 0 radical (unpaired) electrons. The number of benzene rings is 1. The molecule has 1 saturated heterocycles. The zero-order valence-corrected chi connectivity index (χ0v) is 20.7. The number of ether oxygens (including phenoxy) is 1. The number of rotatable bonds is 5. The van der Waals surface area contributed by atoms with E-state index in [4.69, 9.17) is 4.74 Å². The van der Waals surface area contributed by atoms with Crippen LogP contribution in [-0.2, 0) is 17.5 Å². The first-order valence-corrected chi connectivity index (χ1v) is 11.9. The van der Waals surface area contributed by atoms with Crippen molar-refractivity contribution in [1.29, 1.82) is 0 Å². The number of halogens is 1. The van der Waals surface area contributed by atoms with Crippen LogP contribution in [0.2, 0.25) is 0 Å². The molecule has 1 aromatic carbocycles. The average molecular weight is 496 g/mol. The van der Waals surface area contributed by atoms with Gasteiger partial charge in [-0.1, -0.05) is 12.1 Å². The Morgan fingerprint density at radius 1 is 1.20 bits per heavy atom.